The fourth-order valence-electron chi connectivity index (χ4n) is 2.59. The van der Waals surface area contributed by atoms with Crippen LogP contribution in [0.25, 0.3) is 6.08 Å². The van der Waals surface area contributed by atoms with Gasteiger partial charge in [0.05, 0.1) is 13.1 Å². The first-order valence-electron chi connectivity index (χ1n) is 8.48. The number of hydrogen-bond acceptors (Lipinski definition) is 7. The van der Waals surface area contributed by atoms with Crippen LogP contribution in [0.1, 0.15) is 22.3 Å². The summed E-state index contributed by atoms with van der Waals surface area (Å²) in [4.78, 5) is 27.0. The second-order valence-corrected chi connectivity index (χ2v) is 6.21. The van der Waals surface area contributed by atoms with E-state index in [0.717, 1.165) is 16.7 Å². The molecule has 0 aliphatic carbocycles. The van der Waals surface area contributed by atoms with Gasteiger partial charge in [-0.3, -0.25) is 0 Å². The van der Waals surface area contributed by atoms with E-state index in [0.29, 0.717) is 11.3 Å². The maximum Gasteiger partial charge on any atom is 0.363 e. The van der Waals surface area contributed by atoms with E-state index < -0.39 is 18.5 Å². The third kappa shape index (κ3) is 4.20. The van der Waals surface area contributed by atoms with Crippen molar-refractivity contribution in [1.29, 1.82) is 0 Å². The highest BCUT2D eigenvalue weighted by molar-refractivity contribution is 6.12. The van der Waals surface area contributed by atoms with Gasteiger partial charge in [-0.05, 0) is 60.9 Å². The van der Waals surface area contributed by atoms with Gasteiger partial charge in [-0.2, -0.15) is 0 Å². The maximum absolute atomic E-state index is 12.2. The van der Waals surface area contributed by atoms with Crippen LogP contribution < -0.4 is 14.6 Å². The van der Waals surface area contributed by atoms with Crippen molar-refractivity contribution in [2.75, 3.05) is 13.7 Å². The van der Waals surface area contributed by atoms with Crippen molar-refractivity contribution in [2.24, 2.45) is 4.99 Å². The van der Waals surface area contributed by atoms with Gasteiger partial charge in [0.2, 0.25) is 5.90 Å². The number of cyclic esters (lactones) is 1. The monoisotopic (exact) mass is 380 g/mol. The number of esters is 1. The minimum Gasteiger partial charge on any atom is -0.546 e. The molecule has 3 rings (SSSR count). The Hall–Kier alpha value is -3.61. The van der Waals surface area contributed by atoms with Crippen molar-refractivity contribution in [1.82, 2.24) is 0 Å². The van der Waals surface area contributed by atoms with Crippen LogP contribution in [0.15, 0.2) is 47.1 Å². The Kier molecular flexibility index (Phi) is 5.44. The van der Waals surface area contributed by atoms with Crippen LogP contribution in [0.5, 0.6) is 11.5 Å². The molecule has 1 aliphatic heterocycles. The van der Waals surface area contributed by atoms with Crippen LogP contribution in [0.4, 0.5) is 0 Å². The second kappa shape index (κ2) is 7.96. The summed E-state index contributed by atoms with van der Waals surface area (Å²) in [6.07, 6.45) is 1.56. The molecule has 0 radical (unpaired) electrons. The first-order valence-corrected chi connectivity index (χ1v) is 8.48. The van der Waals surface area contributed by atoms with E-state index in [1.165, 1.54) is 7.11 Å². The van der Waals surface area contributed by atoms with Crippen LogP contribution in [-0.4, -0.2) is 31.6 Å². The number of ether oxygens (including phenoxy) is 3. The molecule has 0 amide bonds. The molecule has 0 unspecified atom stereocenters. The second-order valence-electron chi connectivity index (χ2n) is 6.21. The first kappa shape index (κ1) is 19.2. The van der Waals surface area contributed by atoms with Crippen LogP contribution in [-0.2, 0) is 14.3 Å². The van der Waals surface area contributed by atoms with Crippen LogP contribution in [0, 0.1) is 13.8 Å². The summed E-state index contributed by atoms with van der Waals surface area (Å²) in [7, 11) is 1.43. The van der Waals surface area contributed by atoms with Gasteiger partial charge in [-0.25, -0.2) is 9.79 Å². The molecule has 0 bridgehead atoms. The third-order valence-corrected chi connectivity index (χ3v) is 4.21. The number of benzene rings is 2. The Morgan fingerprint density at radius 2 is 1.93 bits per heavy atom. The molecule has 1 aliphatic rings. The quantitative estimate of drug-likeness (QED) is 0.560. The largest absolute Gasteiger partial charge is 0.546 e. The van der Waals surface area contributed by atoms with E-state index in [4.69, 9.17) is 14.2 Å². The number of aliphatic imine (C=N–C) groups is 1. The summed E-state index contributed by atoms with van der Waals surface area (Å²) < 4.78 is 15.6. The SMILES string of the molecule is COc1cc(/C=C2\N=C(c3ccc(C)c(C)c3)OC2=O)ccc1OCC(=O)[O-]. The van der Waals surface area contributed by atoms with Gasteiger partial charge in [-0.15, -0.1) is 0 Å². The summed E-state index contributed by atoms with van der Waals surface area (Å²) >= 11 is 0. The molecule has 0 fully saturated rings. The van der Waals surface area contributed by atoms with E-state index in [1.807, 2.05) is 32.0 Å². The van der Waals surface area contributed by atoms with Crippen molar-refractivity contribution >= 4 is 23.9 Å². The fraction of sp³-hybridized carbons (Fsp3) is 0.190. The molecule has 1 heterocycles. The minimum atomic E-state index is -1.34. The lowest BCUT2D eigenvalue weighted by atomic mass is 10.1. The number of aryl methyl sites for hydroxylation is 2. The maximum atomic E-state index is 12.2. The highest BCUT2D eigenvalue weighted by Crippen LogP contribution is 2.29. The normalized spacial score (nSPS) is 14.6. The molecule has 7 heteroatoms. The molecule has 28 heavy (non-hydrogen) atoms. The summed E-state index contributed by atoms with van der Waals surface area (Å²) in [5.74, 6) is -1.07. The molecule has 144 valence electrons. The van der Waals surface area contributed by atoms with Crippen molar-refractivity contribution < 1.29 is 28.9 Å². The zero-order chi connectivity index (χ0) is 20.3. The van der Waals surface area contributed by atoms with Gasteiger partial charge < -0.3 is 24.1 Å². The summed E-state index contributed by atoms with van der Waals surface area (Å²) in [5, 5.41) is 10.5. The van der Waals surface area contributed by atoms with Gasteiger partial charge >= 0.3 is 5.97 Å². The molecular weight excluding hydrogens is 362 g/mol. The zero-order valence-electron chi connectivity index (χ0n) is 15.6. The molecule has 0 atom stereocenters. The predicted octanol–water partition coefficient (Wildman–Crippen LogP) is 1.79. The Morgan fingerprint density at radius 3 is 2.61 bits per heavy atom. The number of carboxylic acids is 1. The van der Waals surface area contributed by atoms with Crippen molar-refractivity contribution in [3.05, 3.63) is 64.3 Å². The number of carbonyl (C=O) groups is 2. The third-order valence-electron chi connectivity index (χ3n) is 4.21. The summed E-state index contributed by atoms with van der Waals surface area (Å²) in [6, 6.07) is 10.5. The molecule has 0 saturated carbocycles. The average Bonchev–Trinajstić information content (AvgIpc) is 3.03. The van der Waals surface area contributed by atoms with Gasteiger partial charge in [0, 0.05) is 5.56 Å². The topological polar surface area (TPSA) is 97.2 Å². The van der Waals surface area contributed by atoms with Crippen molar-refractivity contribution in [3.63, 3.8) is 0 Å². The lowest BCUT2D eigenvalue weighted by Gasteiger charge is -2.11. The van der Waals surface area contributed by atoms with E-state index in [9.17, 15) is 14.7 Å². The minimum absolute atomic E-state index is 0.152. The van der Waals surface area contributed by atoms with Gasteiger partial charge in [0.1, 0.15) is 6.61 Å². The van der Waals surface area contributed by atoms with Gasteiger partial charge in [-0.1, -0.05) is 12.1 Å². The molecular formula is C21H18NO6-. The highest BCUT2D eigenvalue weighted by Gasteiger charge is 2.24. The lowest BCUT2D eigenvalue weighted by Crippen LogP contribution is -2.29. The van der Waals surface area contributed by atoms with E-state index >= 15 is 0 Å². The number of carbonyl (C=O) groups excluding carboxylic acids is 2. The highest BCUT2D eigenvalue weighted by atomic mass is 16.6. The van der Waals surface area contributed by atoms with E-state index in [2.05, 4.69) is 4.99 Å². The fourth-order valence-corrected chi connectivity index (χ4v) is 2.59. The molecule has 0 N–H and O–H groups in total. The predicted molar refractivity (Wildman–Crippen MR) is 100 cm³/mol. The summed E-state index contributed by atoms with van der Waals surface area (Å²) in [5.41, 5.74) is 3.71. The standard InChI is InChI=1S/C21H19NO6/c1-12-4-6-15(8-13(12)2)20-22-16(21(25)28-20)9-14-5-7-17(18(10-14)26-3)27-11-19(23)24/h4-10H,11H2,1-3H3,(H,23,24)/p-1/b16-9-. The van der Waals surface area contributed by atoms with Crippen molar-refractivity contribution in [2.45, 2.75) is 13.8 Å². The Morgan fingerprint density at radius 1 is 1.14 bits per heavy atom. The molecule has 0 saturated heterocycles. The van der Waals surface area contributed by atoms with E-state index in [1.54, 1.807) is 24.3 Å². The number of rotatable bonds is 6. The number of methoxy groups -OCH3 is 1. The van der Waals surface area contributed by atoms with Crippen molar-refractivity contribution in [3.8, 4) is 11.5 Å². The zero-order valence-corrected chi connectivity index (χ0v) is 15.6. The lowest BCUT2D eigenvalue weighted by molar-refractivity contribution is -0.307. The Bertz CT molecular complexity index is 1010. The Balaban J connectivity index is 1.87. The average molecular weight is 380 g/mol. The number of nitrogens with zero attached hydrogens (tertiary/aromatic N) is 1. The van der Waals surface area contributed by atoms with Gasteiger partial charge in [0.25, 0.3) is 0 Å². The molecule has 2 aromatic carbocycles. The first-order chi connectivity index (χ1) is 13.4. The van der Waals surface area contributed by atoms with Crippen LogP contribution >= 0.6 is 0 Å². The summed E-state index contributed by atoms with van der Waals surface area (Å²) in [6.45, 7) is 3.39. The molecule has 7 nitrogen and oxygen atoms in total. The Labute approximate surface area is 161 Å². The van der Waals surface area contributed by atoms with E-state index in [-0.39, 0.29) is 17.3 Å². The molecule has 0 aromatic heterocycles. The smallest absolute Gasteiger partial charge is 0.363 e. The van der Waals surface area contributed by atoms with Gasteiger partial charge in [0.15, 0.2) is 17.2 Å². The van der Waals surface area contributed by atoms with Crippen LogP contribution in [0.3, 0.4) is 0 Å². The number of hydrogen-bond donors (Lipinski definition) is 0. The molecule has 2 aromatic rings. The number of aliphatic carboxylic acids is 1. The number of carboxylic acid groups (broad SMARTS) is 1. The molecule has 0 spiro atoms. The van der Waals surface area contributed by atoms with Crippen LogP contribution in [0.2, 0.25) is 0 Å².